The highest BCUT2D eigenvalue weighted by molar-refractivity contribution is 4.10. The zero-order valence-electron chi connectivity index (χ0n) is 4.07. The molecule has 0 radical (unpaired) electrons. The van der Waals surface area contributed by atoms with Crippen LogP contribution in [0.15, 0.2) is 0 Å². The van der Waals surface area contributed by atoms with Crippen LogP contribution in [0.25, 0.3) is 0 Å². The van der Waals surface area contributed by atoms with Gasteiger partial charge in [-0.15, -0.1) is 4.99 Å². The van der Waals surface area contributed by atoms with Gasteiger partial charge in [0, 0.05) is 0 Å². The van der Waals surface area contributed by atoms with Gasteiger partial charge in [-0.2, -0.15) is 5.90 Å². The van der Waals surface area contributed by atoms with Crippen LogP contribution in [0.4, 0.5) is 4.70 Å². The van der Waals surface area contributed by atoms with Gasteiger partial charge in [0.25, 0.3) is 0 Å². The minimum absolute atomic E-state index is 0. The molecule has 0 fully saturated rings. The van der Waals surface area contributed by atoms with Crippen LogP contribution < -0.4 is 5.90 Å². The highest BCUT2D eigenvalue weighted by atomic mass is 19.0. The molecule has 0 heterocycles. The summed E-state index contributed by atoms with van der Waals surface area (Å²) < 4.78 is 0. The number of nitrogens with two attached hydrogens (primary N) is 1. The monoisotopic (exact) mass is 129 g/mol. The summed E-state index contributed by atoms with van der Waals surface area (Å²) in [5.74, 6) is 4.34. The average Bonchev–Trinajstić information content (AvgIpc) is 1.69. The van der Waals surface area contributed by atoms with Gasteiger partial charge in [-0.1, -0.05) is 0 Å². The zero-order valence-corrected chi connectivity index (χ0v) is 4.07. The average molecular weight is 129 g/mol. The summed E-state index contributed by atoms with van der Waals surface area (Å²) in [6.07, 6.45) is 0. The van der Waals surface area contributed by atoms with Gasteiger partial charge >= 0.3 is 0 Å². The first-order valence-corrected chi connectivity index (χ1v) is 1.67. The predicted octanol–water partition coefficient (Wildman–Crippen LogP) is -1.12. The van der Waals surface area contributed by atoms with Crippen molar-refractivity contribution in [2.75, 3.05) is 13.2 Å². The topological polar surface area (TPSA) is 73.9 Å². The van der Waals surface area contributed by atoms with Gasteiger partial charge in [-0.05, 0) is 5.04 Å². The van der Waals surface area contributed by atoms with Crippen molar-refractivity contribution in [3.63, 3.8) is 0 Å². The standard InChI is InChI=1S/C2H7NO4.FH/c3-6-7-5-2-1-4;/h4H,1-3H2;1H. The molecule has 6 heteroatoms. The Balaban J connectivity index is 0. The molecular formula is C2H8FNO4. The smallest absolute Gasteiger partial charge is 0.108 e. The predicted molar refractivity (Wildman–Crippen MR) is 21.9 cm³/mol. The fourth-order valence-corrected chi connectivity index (χ4v) is 0.0991. The number of hydrogen-bond donors (Lipinski definition) is 2. The third kappa shape index (κ3) is 9.21. The van der Waals surface area contributed by atoms with Gasteiger partial charge in [0.2, 0.25) is 0 Å². The van der Waals surface area contributed by atoms with Crippen LogP contribution in [-0.4, -0.2) is 18.3 Å². The summed E-state index contributed by atoms with van der Waals surface area (Å²) in [5, 5.41) is 11.7. The number of rotatable bonds is 4. The summed E-state index contributed by atoms with van der Waals surface area (Å²) in [5.41, 5.74) is 0. The molecule has 5 nitrogen and oxygen atoms in total. The second-order valence-corrected chi connectivity index (χ2v) is 0.710. The van der Waals surface area contributed by atoms with Gasteiger partial charge in [0.15, 0.2) is 0 Å². The molecule has 0 spiro atoms. The first-order valence-electron chi connectivity index (χ1n) is 1.67. The Morgan fingerprint density at radius 1 is 1.50 bits per heavy atom. The van der Waals surface area contributed by atoms with Crippen LogP contribution in [0.5, 0.6) is 0 Å². The van der Waals surface area contributed by atoms with E-state index in [1.54, 1.807) is 0 Å². The van der Waals surface area contributed by atoms with Crippen LogP contribution in [0.1, 0.15) is 0 Å². The first kappa shape index (κ1) is 10.7. The summed E-state index contributed by atoms with van der Waals surface area (Å²) in [6, 6.07) is 0. The largest absolute Gasteiger partial charge is 0.394 e. The maximum absolute atomic E-state index is 7.99. The van der Waals surface area contributed by atoms with Crippen LogP contribution in [-0.2, 0) is 14.9 Å². The molecule has 0 amide bonds. The van der Waals surface area contributed by atoms with E-state index in [-0.39, 0.29) is 17.9 Å². The van der Waals surface area contributed by atoms with E-state index in [1.807, 2.05) is 0 Å². The van der Waals surface area contributed by atoms with Crippen molar-refractivity contribution in [2.45, 2.75) is 0 Å². The van der Waals surface area contributed by atoms with Gasteiger partial charge in [0.1, 0.15) is 6.61 Å². The lowest BCUT2D eigenvalue weighted by atomic mass is 10.8. The van der Waals surface area contributed by atoms with Gasteiger partial charge in [-0.3, -0.25) is 4.70 Å². The summed E-state index contributed by atoms with van der Waals surface area (Å²) in [6.45, 7) is -0.0689. The molecule has 0 aromatic rings. The Morgan fingerprint density at radius 2 is 2.12 bits per heavy atom. The van der Waals surface area contributed by atoms with E-state index >= 15 is 0 Å². The summed E-state index contributed by atoms with van der Waals surface area (Å²) in [4.78, 5) is 7.55. The highest BCUT2D eigenvalue weighted by Crippen LogP contribution is 1.71. The van der Waals surface area contributed by atoms with Gasteiger partial charge < -0.3 is 5.11 Å². The Hall–Kier alpha value is -0.270. The van der Waals surface area contributed by atoms with Crippen molar-refractivity contribution in [3.05, 3.63) is 0 Å². The quantitative estimate of drug-likeness (QED) is 0.286. The number of halogens is 1. The zero-order chi connectivity index (χ0) is 5.54. The fraction of sp³-hybridized carbons (Fsp3) is 1.00. The second kappa shape index (κ2) is 9.88. The van der Waals surface area contributed by atoms with Crippen molar-refractivity contribution < 1.29 is 24.7 Å². The molecule has 52 valence electrons. The summed E-state index contributed by atoms with van der Waals surface area (Å²) >= 11 is 0. The Kier molecular flexibility index (Phi) is 13.2. The van der Waals surface area contributed by atoms with Crippen LogP contribution in [0, 0.1) is 0 Å². The molecule has 0 atom stereocenters. The Morgan fingerprint density at radius 3 is 2.50 bits per heavy atom. The highest BCUT2D eigenvalue weighted by Gasteiger charge is 1.80. The molecule has 0 bridgehead atoms. The van der Waals surface area contributed by atoms with E-state index in [9.17, 15) is 0 Å². The van der Waals surface area contributed by atoms with E-state index in [4.69, 9.17) is 5.11 Å². The molecule has 0 aliphatic carbocycles. The number of aliphatic hydroxyl groups is 1. The Labute approximate surface area is 45.1 Å². The van der Waals surface area contributed by atoms with Gasteiger partial charge in [-0.25, -0.2) is 4.89 Å². The minimum atomic E-state index is -0.122. The van der Waals surface area contributed by atoms with E-state index < -0.39 is 0 Å². The molecule has 0 aromatic heterocycles. The minimum Gasteiger partial charge on any atom is -0.394 e. The lowest BCUT2D eigenvalue weighted by Crippen LogP contribution is -2.04. The molecule has 8 heavy (non-hydrogen) atoms. The third-order valence-electron chi connectivity index (χ3n) is 0.262. The normalized spacial score (nSPS) is 8.25. The van der Waals surface area contributed by atoms with Crippen molar-refractivity contribution in [1.29, 1.82) is 0 Å². The maximum atomic E-state index is 7.99. The molecule has 0 rings (SSSR count). The molecule has 0 aliphatic heterocycles. The van der Waals surface area contributed by atoms with Crippen LogP contribution in [0.2, 0.25) is 0 Å². The van der Waals surface area contributed by atoms with E-state index in [0.29, 0.717) is 0 Å². The Bertz CT molecular complexity index is 33.2. The lowest BCUT2D eigenvalue weighted by Gasteiger charge is -1.92. The fourth-order valence-electron chi connectivity index (χ4n) is 0.0991. The second-order valence-electron chi connectivity index (χ2n) is 0.710. The summed E-state index contributed by atoms with van der Waals surface area (Å²) in [7, 11) is 0. The van der Waals surface area contributed by atoms with Gasteiger partial charge in [0.05, 0.1) is 6.61 Å². The molecule has 0 aromatic carbocycles. The van der Waals surface area contributed by atoms with Crippen molar-refractivity contribution in [2.24, 2.45) is 5.90 Å². The first-order chi connectivity index (χ1) is 3.41. The van der Waals surface area contributed by atoms with Crippen molar-refractivity contribution in [3.8, 4) is 0 Å². The molecule has 3 N–H and O–H groups in total. The van der Waals surface area contributed by atoms with Crippen LogP contribution in [0.3, 0.4) is 0 Å². The number of aliphatic hydroxyl groups excluding tert-OH is 1. The van der Waals surface area contributed by atoms with E-state index in [0.717, 1.165) is 0 Å². The third-order valence-corrected chi connectivity index (χ3v) is 0.262. The molecule has 0 saturated carbocycles. The number of hydrogen-bond acceptors (Lipinski definition) is 5. The van der Waals surface area contributed by atoms with E-state index in [1.165, 1.54) is 0 Å². The SMILES string of the molecule is F.NOOOCCO. The maximum Gasteiger partial charge on any atom is 0.108 e. The van der Waals surface area contributed by atoms with Crippen LogP contribution >= 0.6 is 0 Å². The molecule has 0 aliphatic rings. The lowest BCUT2D eigenvalue weighted by molar-refractivity contribution is -0.516. The van der Waals surface area contributed by atoms with Crippen molar-refractivity contribution >= 4 is 0 Å². The molecule has 0 saturated heterocycles. The molecular weight excluding hydrogens is 121 g/mol. The van der Waals surface area contributed by atoms with Crippen molar-refractivity contribution in [1.82, 2.24) is 0 Å². The molecule has 0 unspecified atom stereocenters. The van der Waals surface area contributed by atoms with E-state index in [2.05, 4.69) is 20.8 Å².